The van der Waals surface area contributed by atoms with Crippen LogP contribution in [0.5, 0.6) is 0 Å². The Kier molecular flexibility index (Phi) is 2.29. The van der Waals surface area contributed by atoms with E-state index >= 15 is 0 Å². The second-order valence-electron chi connectivity index (χ2n) is 2.26. The molecule has 1 N–H and O–H groups in total. The number of nitrogens with zero attached hydrogens (tertiary/aromatic N) is 2. The second-order valence-corrected chi connectivity index (χ2v) is 2.26. The molecule has 0 saturated carbocycles. The van der Waals surface area contributed by atoms with E-state index in [1.165, 1.54) is 4.68 Å². The van der Waals surface area contributed by atoms with Gasteiger partial charge in [0, 0.05) is 0 Å². The summed E-state index contributed by atoms with van der Waals surface area (Å²) in [5.41, 5.74) is 1.20. The molecule has 5 heteroatoms. The molecule has 0 fully saturated rings. The van der Waals surface area contributed by atoms with Gasteiger partial charge in [-0.05, 0) is 0 Å². The van der Waals surface area contributed by atoms with Crippen LogP contribution in [0.2, 0.25) is 0 Å². The monoisotopic (exact) mass is 145 g/mol. The van der Waals surface area contributed by atoms with E-state index in [1.807, 2.05) is 0 Å². The fourth-order valence-corrected chi connectivity index (χ4v) is 0.795. The molecule has 0 bridgehead atoms. The van der Waals surface area contributed by atoms with Gasteiger partial charge in [-0.3, -0.25) is 0 Å². The summed E-state index contributed by atoms with van der Waals surface area (Å²) in [6, 6.07) is 1.65. The molecule has 3 radical (unpaired) electrons. The molecule has 0 aliphatic rings. The number of aryl methyl sites for hydroxylation is 1. The summed E-state index contributed by atoms with van der Waals surface area (Å²) in [5, 5.41) is 12.9. The summed E-state index contributed by atoms with van der Waals surface area (Å²) in [5.74, 6) is 0. The summed E-state index contributed by atoms with van der Waals surface area (Å²) >= 11 is 0. The molecular formula is C6H7B2N2O. The third kappa shape index (κ3) is 1.60. The maximum absolute atomic E-state index is 8.76. The predicted octanol–water partition coefficient (Wildman–Crippen LogP) is -1.27. The fourth-order valence-electron chi connectivity index (χ4n) is 0.795. The third-order valence-corrected chi connectivity index (χ3v) is 1.43. The topological polar surface area (TPSA) is 38.0 Å². The van der Waals surface area contributed by atoms with E-state index in [4.69, 9.17) is 20.4 Å². The van der Waals surface area contributed by atoms with Crippen molar-refractivity contribution in [3.05, 3.63) is 17.5 Å². The van der Waals surface area contributed by atoms with Crippen molar-refractivity contribution >= 4 is 20.7 Å². The third-order valence-electron chi connectivity index (χ3n) is 1.43. The first-order valence-corrected chi connectivity index (χ1v) is 3.17. The number of aromatic nitrogens is 2. The van der Waals surface area contributed by atoms with Crippen LogP contribution >= 0.6 is 0 Å². The van der Waals surface area contributed by atoms with Crippen molar-refractivity contribution in [3.63, 3.8) is 0 Å². The second kappa shape index (κ2) is 3.05. The van der Waals surface area contributed by atoms with Gasteiger partial charge in [0.05, 0.1) is 0 Å². The van der Waals surface area contributed by atoms with Crippen LogP contribution in [0, 0.1) is 0 Å². The zero-order valence-corrected chi connectivity index (χ0v) is 6.28. The van der Waals surface area contributed by atoms with E-state index in [9.17, 15) is 0 Å². The fraction of sp³-hybridized carbons (Fsp3) is 0.333. The van der Waals surface area contributed by atoms with Crippen molar-refractivity contribution in [2.75, 3.05) is 0 Å². The summed E-state index contributed by atoms with van der Waals surface area (Å²) in [6.45, 7) is -0.0588. The Morgan fingerprint density at radius 1 is 1.82 bits per heavy atom. The molecule has 0 unspecified atom stereocenters. The van der Waals surface area contributed by atoms with Gasteiger partial charge in [-0.15, -0.1) is 0 Å². The minimum atomic E-state index is -0.0588. The van der Waals surface area contributed by atoms with Crippen molar-refractivity contribution in [1.29, 1.82) is 0 Å². The van der Waals surface area contributed by atoms with Crippen LogP contribution in [0.4, 0.5) is 0 Å². The average Bonchev–Trinajstić information content (AvgIpc) is 2.31. The minimum absolute atomic E-state index is 0.0588. The van der Waals surface area contributed by atoms with E-state index in [0.29, 0.717) is 11.4 Å². The molecule has 0 aliphatic carbocycles. The molecule has 0 amide bonds. The van der Waals surface area contributed by atoms with Crippen LogP contribution in [-0.2, 0) is 13.7 Å². The summed E-state index contributed by atoms with van der Waals surface area (Å²) in [7, 11) is 12.3. The van der Waals surface area contributed by atoms with E-state index in [2.05, 4.69) is 5.10 Å². The van der Waals surface area contributed by atoms with Crippen molar-refractivity contribution in [1.82, 2.24) is 9.78 Å². The number of hydrogen-bond donors (Lipinski definition) is 1. The first-order chi connectivity index (χ1) is 5.15. The zero-order chi connectivity index (χ0) is 8.43. The van der Waals surface area contributed by atoms with Crippen LogP contribution in [0.3, 0.4) is 0 Å². The Bertz CT molecular complexity index is 282. The van der Waals surface area contributed by atoms with Crippen LogP contribution in [0.25, 0.3) is 0 Å². The Balaban J connectivity index is 3.05. The first-order valence-electron chi connectivity index (χ1n) is 3.17. The van der Waals surface area contributed by atoms with Gasteiger partial charge in [0.2, 0.25) is 0 Å². The van der Waals surface area contributed by atoms with Crippen LogP contribution in [0.1, 0.15) is 11.4 Å². The SMILES string of the molecule is [B]C(=[B])c1cc(CO)n(C)n1. The van der Waals surface area contributed by atoms with Gasteiger partial charge in [0.1, 0.15) is 0 Å². The molecule has 53 valence electrons. The maximum atomic E-state index is 8.76. The summed E-state index contributed by atoms with van der Waals surface area (Å²) in [4.78, 5) is 0. The van der Waals surface area contributed by atoms with Gasteiger partial charge >= 0.3 is 66.7 Å². The molecule has 1 heterocycles. The average molecular weight is 145 g/mol. The Labute approximate surface area is 67.5 Å². The molecule has 0 atom stereocenters. The van der Waals surface area contributed by atoms with E-state index in [1.54, 1.807) is 13.1 Å². The van der Waals surface area contributed by atoms with E-state index in [-0.39, 0.29) is 12.0 Å². The Morgan fingerprint density at radius 2 is 2.45 bits per heavy atom. The molecule has 0 saturated heterocycles. The zero-order valence-electron chi connectivity index (χ0n) is 6.28. The predicted molar refractivity (Wildman–Crippen MR) is 44.7 cm³/mol. The van der Waals surface area contributed by atoms with Gasteiger partial charge < -0.3 is 0 Å². The number of aliphatic hydroxyl groups excluding tert-OH is 1. The van der Waals surface area contributed by atoms with Crippen LogP contribution in [-0.4, -0.2) is 35.6 Å². The van der Waals surface area contributed by atoms with Gasteiger partial charge in [-0.1, -0.05) is 0 Å². The molecule has 3 nitrogen and oxygen atoms in total. The van der Waals surface area contributed by atoms with E-state index in [0.717, 1.165) is 0 Å². The van der Waals surface area contributed by atoms with Crippen molar-refractivity contribution < 1.29 is 5.11 Å². The van der Waals surface area contributed by atoms with Gasteiger partial charge in [-0.2, -0.15) is 0 Å². The molecular weight excluding hydrogens is 138 g/mol. The Morgan fingerprint density at radius 3 is 2.73 bits per heavy atom. The molecule has 0 spiro atoms. The molecule has 0 aromatic carbocycles. The van der Waals surface area contributed by atoms with Crippen LogP contribution in [0.15, 0.2) is 6.07 Å². The molecule has 11 heavy (non-hydrogen) atoms. The number of hydrogen-bond acceptors (Lipinski definition) is 2. The van der Waals surface area contributed by atoms with Gasteiger partial charge in [0.15, 0.2) is 0 Å². The molecule has 1 aromatic heterocycles. The van der Waals surface area contributed by atoms with Gasteiger partial charge in [-0.25, -0.2) is 0 Å². The summed E-state index contributed by atoms with van der Waals surface area (Å²) < 4.78 is 1.54. The number of aliphatic hydroxyl groups is 1. The molecule has 0 aliphatic heterocycles. The first kappa shape index (κ1) is 8.27. The van der Waals surface area contributed by atoms with Gasteiger partial charge in [0.25, 0.3) is 0 Å². The quantitative estimate of drug-likeness (QED) is 0.526. The molecule has 1 rings (SSSR count). The number of rotatable bonds is 2. The van der Waals surface area contributed by atoms with Crippen molar-refractivity contribution in [3.8, 4) is 0 Å². The summed E-state index contributed by atoms with van der Waals surface area (Å²) in [6.07, 6.45) is 0. The van der Waals surface area contributed by atoms with Crippen LogP contribution < -0.4 is 0 Å². The molecule has 1 aromatic rings. The van der Waals surface area contributed by atoms with Crippen molar-refractivity contribution in [2.24, 2.45) is 7.05 Å². The normalized spacial score (nSPS) is 9.91. The standard InChI is InChI=1S/C6H7B2N2O/c1-10-4(3-11)2-5(9-10)6(7)8/h2,11H,3H2,1H3. The van der Waals surface area contributed by atoms with Crippen molar-refractivity contribution in [2.45, 2.75) is 6.61 Å². The Hall–Kier alpha value is -0.830. The van der Waals surface area contributed by atoms with E-state index < -0.39 is 0 Å².